The quantitative estimate of drug-likeness (QED) is 0.353. The van der Waals surface area contributed by atoms with Crippen LogP contribution in [0.5, 0.6) is 5.75 Å². The molecule has 0 amide bonds. The van der Waals surface area contributed by atoms with Crippen LogP contribution in [-0.4, -0.2) is 32.4 Å². The first kappa shape index (κ1) is 20.7. The average molecular weight is 368 g/mol. The molecule has 2 aromatic carbocycles. The molecule has 2 rings (SSSR count). The first-order valence-corrected chi connectivity index (χ1v) is 9.11. The van der Waals surface area contributed by atoms with Crippen LogP contribution in [0.2, 0.25) is 0 Å². The van der Waals surface area contributed by atoms with Gasteiger partial charge in [-0.1, -0.05) is 62.4 Å². The third kappa shape index (κ3) is 6.26. The fourth-order valence-corrected chi connectivity index (χ4v) is 2.69. The van der Waals surface area contributed by atoms with Crippen molar-refractivity contribution < 1.29 is 19.0 Å². The van der Waals surface area contributed by atoms with Crippen molar-refractivity contribution in [1.29, 1.82) is 0 Å². The van der Waals surface area contributed by atoms with Crippen molar-refractivity contribution in [2.24, 2.45) is 0 Å². The SMILES string of the molecule is C=CC(=O)OCCOCCOc1ccc(C(C)(C)c2ccc(C)cc2)cc1. The van der Waals surface area contributed by atoms with Crippen LogP contribution in [0.4, 0.5) is 0 Å². The fraction of sp³-hybridized carbons (Fsp3) is 0.348. The number of carbonyl (C=O) groups excluding carboxylic acids is 1. The number of carbonyl (C=O) groups is 1. The molecule has 4 heteroatoms. The molecule has 144 valence electrons. The Balaban J connectivity index is 1.78. The second-order valence-electron chi connectivity index (χ2n) is 6.85. The van der Waals surface area contributed by atoms with E-state index in [4.69, 9.17) is 14.2 Å². The second kappa shape index (κ2) is 9.93. The Kier molecular flexibility index (Phi) is 7.62. The highest BCUT2D eigenvalue weighted by Crippen LogP contribution is 2.32. The Labute approximate surface area is 161 Å². The number of hydrogen-bond acceptors (Lipinski definition) is 4. The summed E-state index contributed by atoms with van der Waals surface area (Å²) < 4.78 is 15.9. The monoisotopic (exact) mass is 368 g/mol. The van der Waals surface area contributed by atoms with Gasteiger partial charge in [0.25, 0.3) is 0 Å². The average Bonchev–Trinajstić information content (AvgIpc) is 2.67. The van der Waals surface area contributed by atoms with Gasteiger partial charge >= 0.3 is 5.97 Å². The molecule has 0 fully saturated rings. The van der Waals surface area contributed by atoms with E-state index in [1.165, 1.54) is 16.7 Å². The smallest absolute Gasteiger partial charge is 0.330 e. The molecule has 0 radical (unpaired) electrons. The van der Waals surface area contributed by atoms with Gasteiger partial charge in [-0.05, 0) is 30.2 Å². The number of esters is 1. The standard InChI is InChI=1S/C23H28O4/c1-5-22(24)27-17-15-25-14-16-26-21-12-10-20(11-13-21)23(3,4)19-8-6-18(2)7-9-19/h5-13H,1,14-17H2,2-4H3. The minimum atomic E-state index is -0.441. The predicted octanol–water partition coefficient (Wildman–Crippen LogP) is 4.45. The van der Waals surface area contributed by atoms with Gasteiger partial charge in [0.2, 0.25) is 0 Å². The van der Waals surface area contributed by atoms with Crippen molar-refractivity contribution in [3.05, 3.63) is 77.9 Å². The normalized spacial score (nSPS) is 11.1. The molecule has 0 saturated carbocycles. The summed E-state index contributed by atoms with van der Waals surface area (Å²) in [7, 11) is 0. The Morgan fingerprint density at radius 1 is 0.926 bits per heavy atom. The second-order valence-corrected chi connectivity index (χ2v) is 6.85. The number of aryl methyl sites for hydroxylation is 1. The van der Waals surface area contributed by atoms with Crippen LogP contribution in [0.15, 0.2) is 61.2 Å². The molecular weight excluding hydrogens is 340 g/mol. The molecule has 0 aliphatic carbocycles. The number of ether oxygens (including phenoxy) is 3. The molecule has 2 aromatic rings. The molecule has 0 unspecified atom stereocenters. The molecular formula is C23H28O4. The van der Waals surface area contributed by atoms with Gasteiger partial charge in [0.1, 0.15) is 19.0 Å². The van der Waals surface area contributed by atoms with Crippen LogP contribution in [0.1, 0.15) is 30.5 Å². The van der Waals surface area contributed by atoms with Crippen LogP contribution < -0.4 is 4.74 Å². The summed E-state index contributed by atoms with van der Waals surface area (Å²) in [5, 5.41) is 0. The minimum absolute atomic E-state index is 0.0712. The number of benzene rings is 2. The van der Waals surface area contributed by atoms with E-state index in [1.54, 1.807) is 0 Å². The van der Waals surface area contributed by atoms with Crippen LogP contribution in [0, 0.1) is 6.92 Å². The van der Waals surface area contributed by atoms with Crippen LogP contribution >= 0.6 is 0 Å². The van der Waals surface area contributed by atoms with Gasteiger partial charge in [-0.2, -0.15) is 0 Å². The van der Waals surface area contributed by atoms with E-state index in [0.29, 0.717) is 19.8 Å². The summed E-state index contributed by atoms with van der Waals surface area (Å²) in [6.45, 7) is 11.3. The molecule has 0 saturated heterocycles. The van der Waals surface area contributed by atoms with E-state index in [9.17, 15) is 4.79 Å². The molecule has 27 heavy (non-hydrogen) atoms. The highest BCUT2D eigenvalue weighted by atomic mass is 16.6. The summed E-state index contributed by atoms with van der Waals surface area (Å²) in [5.74, 6) is 0.364. The van der Waals surface area contributed by atoms with Crippen molar-refractivity contribution in [2.75, 3.05) is 26.4 Å². The molecule has 0 aromatic heterocycles. The third-order valence-electron chi connectivity index (χ3n) is 4.48. The van der Waals surface area contributed by atoms with Gasteiger partial charge in [-0.25, -0.2) is 4.79 Å². The zero-order valence-electron chi connectivity index (χ0n) is 16.4. The van der Waals surface area contributed by atoms with Gasteiger partial charge in [-0.15, -0.1) is 0 Å². The van der Waals surface area contributed by atoms with Gasteiger partial charge in [0.15, 0.2) is 0 Å². The molecule has 0 N–H and O–H groups in total. The third-order valence-corrected chi connectivity index (χ3v) is 4.48. The molecule has 0 heterocycles. The van der Waals surface area contributed by atoms with Crippen LogP contribution in [0.25, 0.3) is 0 Å². The van der Waals surface area contributed by atoms with Crippen LogP contribution in [-0.2, 0) is 19.7 Å². The van der Waals surface area contributed by atoms with E-state index in [-0.39, 0.29) is 12.0 Å². The van der Waals surface area contributed by atoms with Crippen molar-refractivity contribution in [1.82, 2.24) is 0 Å². The molecule has 0 spiro atoms. The first-order valence-electron chi connectivity index (χ1n) is 9.11. The van der Waals surface area contributed by atoms with Gasteiger partial charge in [0.05, 0.1) is 13.2 Å². The minimum Gasteiger partial charge on any atom is -0.491 e. The van der Waals surface area contributed by atoms with Crippen LogP contribution in [0.3, 0.4) is 0 Å². The highest BCUT2D eigenvalue weighted by molar-refractivity contribution is 5.81. The van der Waals surface area contributed by atoms with Crippen molar-refractivity contribution >= 4 is 5.97 Å². The Hall–Kier alpha value is -2.59. The van der Waals surface area contributed by atoms with E-state index in [2.05, 4.69) is 63.7 Å². The summed E-state index contributed by atoms with van der Waals surface area (Å²) in [4.78, 5) is 10.9. The van der Waals surface area contributed by atoms with E-state index >= 15 is 0 Å². The lowest BCUT2D eigenvalue weighted by Gasteiger charge is -2.26. The van der Waals surface area contributed by atoms with Crippen molar-refractivity contribution in [3.63, 3.8) is 0 Å². The zero-order chi connectivity index (χ0) is 19.7. The van der Waals surface area contributed by atoms with Gasteiger partial charge in [-0.3, -0.25) is 0 Å². The van der Waals surface area contributed by atoms with E-state index in [0.717, 1.165) is 11.8 Å². The maximum atomic E-state index is 10.9. The predicted molar refractivity (Wildman–Crippen MR) is 107 cm³/mol. The summed E-state index contributed by atoms with van der Waals surface area (Å²) in [5.41, 5.74) is 3.71. The largest absolute Gasteiger partial charge is 0.491 e. The summed E-state index contributed by atoms with van der Waals surface area (Å²) in [6, 6.07) is 16.8. The maximum Gasteiger partial charge on any atom is 0.330 e. The molecule has 0 aliphatic heterocycles. The number of rotatable bonds is 10. The van der Waals surface area contributed by atoms with Crippen molar-refractivity contribution in [2.45, 2.75) is 26.2 Å². The Bertz CT molecular complexity index is 730. The summed E-state index contributed by atoms with van der Waals surface area (Å²) in [6.07, 6.45) is 1.13. The molecule has 0 bridgehead atoms. The van der Waals surface area contributed by atoms with Crippen molar-refractivity contribution in [3.8, 4) is 5.75 Å². The van der Waals surface area contributed by atoms with Gasteiger partial charge in [0, 0.05) is 11.5 Å². The van der Waals surface area contributed by atoms with E-state index < -0.39 is 5.97 Å². The van der Waals surface area contributed by atoms with Gasteiger partial charge < -0.3 is 14.2 Å². The zero-order valence-corrected chi connectivity index (χ0v) is 16.4. The lowest BCUT2D eigenvalue weighted by molar-refractivity contribution is -0.139. The van der Waals surface area contributed by atoms with E-state index in [1.807, 2.05) is 12.1 Å². The highest BCUT2D eigenvalue weighted by Gasteiger charge is 2.22. The number of hydrogen-bond donors (Lipinski definition) is 0. The maximum absolute atomic E-state index is 10.9. The molecule has 0 atom stereocenters. The Morgan fingerprint density at radius 2 is 1.48 bits per heavy atom. The summed E-state index contributed by atoms with van der Waals surface area (Å²) >= 11 is 0. The lowest BCUT2D eigenvalue weighted by Crippen LogP contribution is -2.18. The first-order chi connectivity index (χ1) is 12.9. The molecule has 0 aliphatic rings. The fourth-order valence-electron chi connectivity index (χ4n) is 2.69. The Morgan fingerprint density at radius 3 is 2.07 bits per heavy atom. The molecule has 4 nitrogen and oxygen atoms in total. The topological polar surface area (TPSA) is 44.8 Å². The lowest BCUT2D eigenvalue weighted by atomic mass is 9.78.